The Morgan fingerprint density at radius 3 is 2.38 bits per heavy atom. The first-order valence-electron chi connectivity index (χ1n) is 10.3. The lowest BCUT2D eigenvalue weighted by molar-refractivity contribution is -0.116. The molecule has 0 fully saturated rings. The second-order valence-electron chi connectivity index (χ2n) is 7.36. The maximum atomic E-state index is 14.1. The fourth-order valence-electron chi connectivity index (χ4n) is 3.17. The van der Waals surface area contributed by atoms with Crippen molar-refractivity contribution in [3.8, 4) is 17.2 Å². The van der Waals surface area contributed by atoms with Gasteiger partial charge in [-0.05, 0) is 61.0 Å². The number of amides is 1. The lowest BCUT2D eigenvalue weighted by atomic mass is 10.2. The van der Waals surface area contributed by atoms with Crippen LogP contribution in [0.1, 0.15) is 12.8 Å². The molecular formula is C24H24ClFN2O5S. The van der Waals surface area contributed by atoms with E-state index in [-0.39, 0.29) is 31.0 Å². The number of carbonyl (C=O) groups excluding carboxylic acids is 1. The van der Waals surface area contributed by atoms with E-state index >= 15 is 0 Å². The summed E-state index contributed by atoms with van der Waals surface area (Å²) in [5.74, 6) is 0.565. The summed E-state index contributed by atoms with van der Waals surface area (Å²) >= 11 is 6.09. The number of halogens is 2. The third kappa shape index (κ3) is 6.85. The molecule has 3 aromatic carbocycles. The van der Waals surface area contributed by atoms with Gasteiger partial charge in [0.1, 0.15) is 17.3 Å². The largest absolute Gasteiger partial charge is 0.497 e. The minimum absolute atomic E-state index is 0.00500. The fourth-order valence-corrected chi connectivity index (χ4v) is 4.31. The third-order valence-electron chi connectivity index (χ3n) is 4.79. The first kappa shape index (κ1) is 25.3. The van der Waals surface area contributed by atoms with Crippen LogP contribution >= 0.6 is 11.6 Å². The topological polar surface area (TPSA) is 84.9 Å². The number of anilines is 2. The number of rotatable bonds is 10. The molecule has 0 heterocycles. The van der Waals surface area contributed by atoms with E-state index in [1.54, 1.807) is 55.6 Å². The van der Waals surface area contributed by atoms with E-state index in [0.29, 0.717) is 28.0 Å². The van der Waals surface area contributed by atoms with Crippen molar-refractivity contribution in [3.05, 3.63) is 77.6 Å². The normalized spacial score (nSPS) is 11.1. The van der Waals surface area contributed by atoms with Crippen LogP contribution in [-0.2, 0) is 14.8 Å². The maximum absolute atomic E-state index is 14.1. The first-order valence-corrected chi connectivity index (χ1v) is 12.5. The van der Waals surface area contributed by atoms with Gasteiger partial charge in [0.15, 0.2) is 5.75 Å². The fraction of sp³-hybridized carbons (Fsp3) is 0.208. The van der Waals surface area contributed by atoms with Crippen molar-refractivity contribution in [2.24, 2.45) is 0 Å². The summed E-state index contributed by atoms with van der Waals surface area (Å²) in [5.41, 5.74) is 0.304. The van der Waals surface area contributed by atoms with Crippen LogP contribution in [0.5, 0.6) is 17.2 Å². The zero-order chi connectivity index (χ0) is 24.7. The zero-order valence-electron chi connectivity index (χ0n) is 18.6. The Morgan fingerprint density at radius 2 is 1.74 bits per heavy atom. The molecule has 0 unspecified atom stereocenters. The Bertz CT molecular complexity index is 1250. The number of methoxy groups -OCH3 is 1. The highest BCUT2D eigenvalue weighted by Crippen LogP contribution is 2.33. The van der Waals surface area contributed by atoms with Crippen molar-refractivity contribution in [2.75, 3.05) is 29.5 Å². The average molecular weight is 507 g/mol. The second kappa shape index (κ2) is 11.2. The molecule has 7 nitrogen and oxygen atoms in total. The van der Waals surface area contributed by atoms with E-state index in [4.69, 9.17) is 21.1 Å². The molecule has 0 aliphatic rings. The van der Waals surface area contributed by atoms with E-state index in [1.165, 1.54) is 18.2 Å². The molecule has 0 saturated carbocycles. The second-order valence-corrected chi connectivity index (χ2v) is 9.70. The smallest absolute Gasteiger partial charge is 0.232 e. The SMILES string of the molecule is COc1ccc(Oc2ccc(Cl)cc2NC(=O)CCCN(c2ccccc2F)S(C)(=O)=O)cc1. The van der Waals surface area contributed by atoms with Gasteiger partial charge in [-0.2, -0.15) is 0 Å². The van der Waals surface area contributed by atoms with Gasteiger partial charge in [-0.3, -0.25) is 9.10 Å². The van der Waals surface area contributed by atoms with Crippen LogP contribution in [0.3, 0.4) is 0 Å². The predicted octanol–water partition coefficient (Wildman–Crippen LogP) is 5.46. The van der Waals surface area contributed by atoms with Crippen LogP contribution in [0.25, 0.3) is 0 Å². The van der Waals surface area contributed by atoms with Crippen LogP contribution in [0.15, 0.2) is 66.7 Å². The quantitative estimate of drug-likeness (QED) is 0.394. The highest BCUT2D eigenvalue weighted by Gasteiger charge is 2.20. The van der Waals surface area contributed by atoms with E-state index in [1.807, 2.05) is 0 Å². The van der Waals surface area contributed by atoms with Crippen LogP contribution < -0.4 is 19.1 Å². The molecule has 1 N–H and O–H groups in total. The molecule has 3 rings (SSSR count). The maximum Gasteiger partial charge on any atom is 0.232 e. The van der Waals surface area contributed by atoms with Gasteiger partial charge < -0.3 is 14.8 Å². The number of sulfonamides is 1. The van der Waals surface area contributed by atoms with E-state index in [9.17, 15) is 17.6 Å². The summed E-state index contributed by atoms with van der Waals surface area (Å²) in [6.45, 7) is -0.0576. The van der Waals surface area contributed by atoms with Gasteiger partial charge in [0, 0.05) is 18.0 Å². The van der Waals surface area contributed by atoms with Gasteiger partial charge in [0.25, 0.3) is 0 Å². The summed E-state index contributed by atoms with van der Waals surface area (Å²) in [4.78, 5) is 12.6. The van der Waals surface area contributed by atoms with Crippen molar-refractivity contribution in [3.63, 3.8) is 0 Å². The number of hydrogen-bond donors (Lipinski definition) is 1. The Hall–Kier alpha value is -3.30. The van der Waals surface area contributed by atoms with E-state index < -0.39 is 15.8 Å². The Labute approximate surface area is 203 Å². The van der Waals surface area contributed by atoms with Crippen LogP contribution in [0.2, 0.25) is 5.02 Å². The lowest BCUT2D eigenvalue weighted by Crippen LogP contribution is -2.32. The molecule has 0 spiro atoms. The van der Waals surface area contributed by atoms with E-state index in [0.717, 1.165) is 10.6 Å². The summed E-state index contributed by atoms with van der Waals surface area (Å²) in [5, 5.41) is 3.15. The standard InChI is InChI=1S/C24H24ClFN2O5S/c1-32-18-10-12-19(13-11-18)33-23-14-9-17(25)16-21(23)27-24(29)8-5-15-28(34(2,30)31)22-7-4-3-6-20(22)26/h3-4,6-7,9-14,16H,5,8,15H2,1-2H3,(H,27,29). The summed E-state index contributed by atoms with van der Waals surface area (Å²) in [7, 11) is -2.17. The predicted molar refractivity (Wildman–Crippen MR) is 131 cm³/mol. The number of hydrogen-bond acceptors (Lipinski definition) is 5. The lowest BCUT2D eigenvalue weighted by Gasteiger charge is -2.22. The average Bonchev–Trinajstić information content (AvgIpc) is 2.79. The van der Waals surface area contributed by atoms with Crippen LogP contribution in [0.4, 0.5) is 15.8 Å². The van der Waals surface area contributed by atoms with Gasteiger partial charge in [-0.1, -0.05) is 23.7 Å². The molecule has 0 radical (unpaired) electrons. The highest BCUT2D eigenvalue weighted by molar-refractivity contribution is 7.92. The van der Waals surface area contributed by atoms with Crippen molar-refractivity contribution >= 4 is 38.9 Å². The van der Waals surface area contributed by atoms with Crippen molar-refractivity contribution in [2.45, 2.75) is 12.8 Å². The van der Waals surface area contributed by atoms with Crippen LogP contribution in [0, 0.1) is 5.82 Å². The Morgan fingerprint density at radius 1 is 1.06 bits per heavy atom. The summed E-state index contributed by atoms with van der Waals surface area (Å²) < 4.78 is 50.4. The molecule has 0 bridgehead atoms. The van der Waals surface area contributed by atoms with Crippen molar-refractivity contribution < 1.29 is 27.1 Å². The monoisotopic (exact) mass is 506 g/mol. The number of para-hydroxylation sites is 1. The molecule has 0 aromatic heterocycles. The molecule has 3 aromatic rings. The molecule has 0 aliphatic heterocycles. The van der Waals surface area contributed by atoms with Crippen molar-refractivity contribution in [1.29, 1.82) is 0 Å². The molecule has 0 saturated heterocycles. The van der Waals surface area contributed by atoms with Crippen molar-refractivity contribution in [1.82, 2.24) is 0 Å². The number of nitrogens with one attached hydrogen (secondary N) is 1. The van der Waals surface area contributed by atoms with Gasteiger partial charge in [-0.25, -0.2) is 12.8 Å². The molecule has 180 valence electrons. The zero-order valence-corrected chi connectivity index (χ0v) is 20.2. The Balaban J connectivity index is 1.66. The molecule has 0 aliphatic carbocycles. The summed E-state index contributed by atoms with van der Waals surface area (Å²) in [6, 6.07) is 17.3. The number of ether oxygens (including phenoxy) is 2. The minimum Gasteiger partial charge on any atom is -0.497 e. The third-order valence-corrected chi connectivity index (χ3v) is 6.20. The molecular weight excluding hydrogens is 483 g/mol. The van der Waals surface area contributed by atoms with Gasteiger partial charge in [0.05, 0.1) is 24.7 Å². The molecule has 0 atom stereocenters. The Kier molecular flexibility index (Phi) is 8.36. The first-order chi connectivity index (χ1) is 16.2. The molecule has 1 amide bonds. The minimum atomic E-state index is -3.73. The highest BCUT2D eigenvalue weighted by atomic mass is 35.5. The number of nitrogens with zero attached hydrogens (tertiary/aromatic N) is 1. The van der Waals surface area contributed by atoms with Gasteiger partial charge in [-0.15, -0.1) is 0 Å². The number of benzene rings is 3. The molecule has 10 heteroatoms. The summed E-state index contributed by atoms with van der Waals surface area (Å²) in [6.07, 6.45) is 1.16. The van der Waals surface area contributed by atoms with E-state index in [2.05, 4.69) is 5.32 Å². The number of carbonyl (C=O) groups is 1. The molecule has 34 heavy (non-hydrogen) atoms. The van der Waals surface area contributed by atoms with Crippen LogP contribution in [-0.4, -0.2) is 34.2 Å². The van der Waals surface area contributed by atoms with Gasteiger partial charge in [0.2, 0.25) is 15.9 Å². The van der Waals surface area contributed by atoms with Gasteiger partial charge >= 0.3 is 0 Å².